The fourth-order valence-corrected chi connectivity index (χ4v) is 4.12. The van der Waals surface area contributed by atoms with Crippen LogP contribution in [0.1, 0.15) is 37.4 Å². The molecule has 2 N–H and O–H groups in total. The Hall–Kier alpha value is -4.57. The van der Waals surface area contributed by atoms with E-state index in [9.17, 15) is 5.26 Å². The fourth-order valence-electron chi connectivity index (χ4n) is 4.12. The zero-order valence-corrected chi connectivity index (χ0v) is 22.0. The third kappa shape index (κ3) is 6.60. The number of hydrogen-bond donors (Lipinski definition) is 2. The van der Waals surface area contributed by atoms with Gasteiger partial charge < -0.3 is 25.0 Å². The summed E-state index contributed by atoms with van der Waals surface area (Å²) in [6.07, 6.45) is 18.7. The average Bonchev–Trinajstić information content (AvgIpc) is 3.27. The minimum Gasteiger partial charge on any atom is -0.490 e. The van der Waals surface area contributed by atoms with E-state index >= 15 is 0 Å². The Morgan fingerprint density at radius 2 is 2.08 bits per heavy atom. The molecule has 2 aliphatic rings. The van der Waals surface area contributed by atoms with E-state index in [1.165, 1.54) is 0 Å². The standard InChI is InChI=1S/C31H34N4O3/c1-4-6-8-11-26(5-2)36-18-19-37-29-22-35-31(23(29)3)30(24(20-32)21-33-35)34-25-14-16-28(17-15-25)38-27-12-9-7-10-13-27/h5-6,8-9,11-17,22,33-34H,2,4,7,10,18-19,21H2,1,3H3/b8-6-,26-11+. The Bertz CT molecular complexity index is 1330. The SMILES string of the molecule is C=C/C(=C\C=C/CC)OCCOc1cn2c(c1C)C(Nc1ccc(OC3=CCCC=C3)cc1)=C(C#N)CN2. The quantitative estimate of drug-likeness (QED) is 0.187. The van der Waals surface area contributed by atoms with Gasteiger partial charge in [-0.2, -0.15) is 5.26 Å². The number of ether oxygens (including phenoxy) is 3. The third-order valence-electron chi connectivity index (χ3n) is 6.08. The number of hydrogen-bond acceptors (Lipinski definition) is 6. The van der Waals surface area contributed by atoms with Crippen molar-refractivity contribution in [2.24, 2.45) is 0 Å². The van der Waals surface area contributed by atoms with Gasteiger partial charge in [-0.05, 0) is 74.8 Å². The van der Waals surface area contributed by atoms with E-state index in [2.05, 4.69) is 48.5 Å². The van der Waals surface area contributed by atoms with Crippen LogP contribution in [-0.2, 0) is 4.74 Å². The molecule has 0 saturated carbocycles. The van der Waals surface area contributed by atoms with Gasteiger partial charge in [-0.3, -0.25) is 4.68 Å². The van der Waals surface area contributed by atoms with E-state index in [4.69, 9.17) is 14.2 Å². The van der Waals surface area contributed by atoms with E-state index in [1.807, 2.05) is 60.3 Å². The van der Waals surface area contributed by atoms with Crippen molar-refractivity contribution in [2.45, 2.75) is 33.1 Å². The van der Waals surface area contributed by atoms with E-state index < -0.39 is 0 Å². The Morgan fingerprint density at radius 1 is 1.24 bits per heavy atom. The van der Waals surface area contributed by atoms with Crippen LogP contribution in [0.25, 0.3) is 5.70 Å². The summed E-state index contributed by atoms with van der Waals surface area (Å²) in [5, 5.41) is 13.3. The summed E-state index contributed by atoms with van der Waals surface area (Å²) >= 11 is 0. The van der Waals surface area contributed by atoms with E-state index in [1.54, 1.807) is 6.08 Å². The molecule has 0 unspecified atom stereocenters. The second kappa shape index (κ2) is 13.1. The molecule has 0 radical (unpaired) electrons. The summed E-state index contributed by atoms with van der Waals surface area (Å²) in [6, 6.07) is 10.1. The molecule has 196 valence electrons. The molecule has 7 nitrogen and oxygen atoms in total. The van der Waals surface area contributed by atoms with Crippen LogP contribution in [-0.4, -0.2) is 24.4 Å². The zero-order chi connectivity index (χ0) is 26.7. The molecule has 4 rings (SSSR count). The van der Waals surface area contributed by atoms with Crippen molar-refractivity contribution < 1.29 is 14.2 Å². The number of nitrogens with one attached hydrogen (secondary N) is 2. The van der Waals surface area contributed by atoms with Crippen LogP contribution < -0.4 is 20.2 Å². The van der Waals surface area contributed by atoms with Gasteiger partial charge in [0.15, 0.2) is 0 Å². The fraction of sp³-hybridized carbons (Fsp3) is 0.258. The van der Waals surface area contributed by atoms with Gasteiger partial charge in [-0.1, -0.05) is 31.7 Å². The number of aromatic nitrogens is 1. The Balaban J connectivity index is 1.43. The number of benzene rings is 1. The molecule has 0 saturated heterocycles. The lowest BCUT2D eigenvalue weighted by Crippen LogP contribution is -2.26. The zero-order valence-electron chi connectivity index (χ0n) is 22.0. The van der Waals surface area contributed by atoms with Crippen LogP contribution in [0.3, 0.4) is 0 Å². The molecule has 38 heavy (non-hydrogen) atoms. The molecule has 0 bridgehead atoms. The van der Waals surface area contributed by atoms with Crippen LogP contribution in [0.15, 0.2) is 96.7 Å². The number of fused-ring (bicyclic) bond motifs is 1. The van der Waals surface area contributed by atoms with Crippen molar-refractivity contribution in [1.29, 1.82) is 5.26 Å². The molecule has 2 aromatic rings. The molecular formula is C31H34N4O3. The maximum absolute atomic E-state index is 9.82. The number of nitriles is 1. The lowest BCUT2D eigenvalue weighted by molar-refractivity contribution is 0.163. The highest BCUT2D eigenvalue weighted by molar-refractivity contribution is 5.83. The number of nitrogens with zero attached hydrogens (tertiary/aromatic N) is 2. The topological polar surface area (TPSA) is 80.5 Å². The van der Waals surface area contributed by atoms with Crippen molar-refractivity contribution in [2.75, 3.05) is 30.5 Å². The lowest BCUT2D eigenvalue weighted by atomic mass is 10.1. The van der Waals surface area contributed by atoms with E-state index in [0.717, 1.165) is 59.2 Å². The molecule has 7 heteroatoms. The predicted octanol–water partition coefficient (Wildman–Crippen LogP) is 6.74. The van der Waals surface area contributed by atoms with Crippen molar-refractivity contribution in [3.05, 3.63) is 108 Å². The van der Waals surface area contributed by atoms with Crippen molar-refractivity contribution in [1.82, 2.24) is 4.68 Å². The molecule has 1 aromatic carbocycles. The second-order valence-corrected chi connectivity index (χ2v) is 8.78. The summed E-state index contributed by atoms with van der Waals surface area (Å²) < 4.78 is 19.6. The third-order valence-corrected chi connectivity index (χ3v) is 6.08. The smallest absolute Gasteiger partial charge is 0.142 e. The second-order valence-electron chi connectivity index (χ2n) is 8.78. The van der Waals surface area contributed by atoms with Crippen LogP contribution in [0.5, 0.6) is 11.5 Å². The molecule has 1 aliphatic heterocycles. The first-order chi connectivity index (χ1) is 18.6. The number of anilines is 1. The molecule has 2 heterocycles. The Morgan fingerprint density at radius 3 is 2.79 bits per heavy atom. The van der Waals surface area contributed by atoms with E-state index in [-0.39, 0.29) is 0 Å². The minimum atomic E-state index is 0.373. The van der Waals surface area contributed by atoms with Crippen LogP contribution >= 0.6 is 0 Å². The highest BCUT2D eigenvalue weighted by Crippen LogP contribution is 2.34. The van der Waals surface area contributed by atoms with Gasteiger partial charge in [-0.15, -0.1) is 0 Å². The van der Waals surface area contributed by atoms with Crippen LogP contribution in [0, 0.1) is 18.3 Å². The van der Waals surface area contributed by atoms with Gasteiger partial charge >= 0.3 is 0 Å². The molecular weight excluding hydrogens is 476 g/mol. The van der Waals surface area contributed by atoms with Crippen molar-refractivity contribution in [3.8, 4) is 17.6 Å². The van der Waals surface area contributed by atoms with Crippen LogP contribution in [0.2, 0.25) is 0 Å². The summed E-state index contributed by atoms with van der Waals surface area (Å²) in [4.78, 5) is 0. The summed E-state index contributed by atoms with van der Waals surface area (Å²) in [5.74, 6) is 3.05. The molecule has 0 amide bonds. The first-order valence-corrected chi connectivity index (χ1v) is 12.9. The molecule has 0 fully saturated rings. The summed E-state index contributed by atoms with van der Waals surface area (Å²) in [6.45, 7) is 9.02. The van der Waals surface area contributed by atoms with Gasteiger partial charge in [0.25, 0.3) is 0 Å². The number of allylic oxidation sites excluding steroid dienone is 7. The first-order valence-electron chi connectivity index (χ1n) is 12.9. The predicted molar refractivity (Wildman–Crippen MR) is 152 cm³/mol. The van der Waals surface area contributed by atoms with Gasteiger partial charge in [0, 0.05) is 11.3 Å². The number of rotatable bonds is 12. The molecule has 1 aliphatic carbocycles. The highest BCUT2D eigenvalue weighted by Gasteiger charge is 2.24. The lowest BCUT2D eigenvalue weighted by Gasteiger charge is -2.23. The maximum atomic E-state index is 9.82. The van der Waals surface area contributed by atoms with Crippen molar-refractivity contribution >= 4 is 11.4 Å². The largest absolute Gasteiger partial charge is 0.490 e. The van der Waals surface area contributed by atoms with Crippen LogP contribution in [0.4, 0.5) is 5.69 Å². The average molecular weight is 511 g/mol. The minimum absolute atomic E-state index is 0.373. The normalized spacial score (nSPS) is 14.9. The van der Waals surface area contributed by atoms with E-state index in [0.29, 0.717) is 31.1 Å². The molecule has 1 aromatic heterocycles. The van der Waals surface area contributed by atoms with Gasteiger partial charge in [0.2, 0.25) is 0 Å². The Kier molecular flexibility index (Phi) is 9.14. The summed E-state index contributed by atoms with van der Waals surface area (Å²) in [5.41, 5.74) is 7.28. The maximum Gasteiger partial charge on any atom is 0.142 e. The summed E-state index contributed by atoms with van der Waals surface area (Å²) in [7, 11) is 0. The van der Waals surface area contributed by atoms with Crippen molar-refractivity contribution in [3.63, 3.8) is 0 Å². The van der Waals surface area contributed by atoms with Gasteiger partial charge in [-0.25, -0.2) is 0 Å². The van der Waals surface area contributed by atoms with Gasteiger partial charge in [0.1, 0.15) is 36.2 Å². The monoisotopic (exact) mass is 510 g/mol. The highest BCUT2D eigenvalue weighted by atomic mass is 16.5. The Labute approximate surface area is 224 Å². The molecule has 0 spiro atoms. The van der Waals surface area contributed by atoms with Gasteiger partial charge in [0.05, 0.1) is 35.8 Å². The molecule has 0 atom stereocenters. The first kappa shape index (κ1) is 26.5.